The monoisotopic (exact) mass is 794 g/mol. The van der Waals surface area contributed by atoms with Crippen molar-refractivity contribution < 1.29 is 8.83 Å². The summed E-state index contributed by atoms with van der Waals surface area (Å²) in [5, 5.41) is 4.60. The smallest absolute Gasteiger partial charge is 0.135 e. The summed E-state index contributed by atoms with van der Waals surface area (Å²) in [7, 11) is 0. The Hall–Kier alpha value is -7.42. The zero-order chi connectivity index (χ0) is 41.5. The number of fused-ring (bicyclic) bond motifs is 13. The van der Waals surface area contributed by atoms with Crippen molar-refractivity contribution in [3.8, 4) is 66.8 Å². The highest BCUT2D eigenvalue weighted by Crippen LogP contribution is 2.62. The van der Waals surface area contributed by atoms with Gasteiger partial charge < -0.3 is 8.83 Å². The fourth-order valence-electron chi connectivity index (χ4n) is 11.2. The number of furan rings is 2. The number of hydrogen-bond acceptors (Lipinski definition) is 2. The van der Waals surface area contributed by atoms with Crippen molar-refractivity contribution in [1.29, 1.82) is 0 Å². The molecule has 0 radical (unpaired) electrons. The van der Waals surface area contributed by atoms with Crippen LogP contribution in [-0.2, 0) is 10.8 Å². The first-order valence-electron chi connectivity index (χ1n) is 21.7. The third-order valence-corrected chi connectivity index (χ3v) is 14.2. The largest absolute Gasteiger partial charge is 0.456 e. The van der Waals surface area contributed by atoms with Crippen LogP contribution in [0.3, 0.4) is 0 Å². The van der Waals surface area contributed by atoms with Gasteiger partial charge in [0.15, 0.2) is 0 Å². The average Bonchev–Trinajstić information content (AvgIpc) is 4.00. The molecule has 11 aromatic rings. The first-order valence-corrected chi connectivity index (χ1v) is 21.7. The van der Waals surface area contributed by atoms with Crippen LogP contribution < -0.4 is 0 Å². The summed E-state index contributed by atoms with van der Waals surface area (Å²) in [6.45, 7) is 9.79. The quantitative estimate of drug-likeness (QED) is 0.177. The van der Waals surface area contributed by atoms with Crippen molar-refractivity contribution >= 4 is 43.9 Å². The first kappa shape index (κ1) is 35.3. The van der Waals surface area contributed by atoms with Gasteiger partial charge >= 0.3 is 0 Å². The molecule has 0 N–H and O–H groups in total. The standard InChI is InChI=1S/C60H42O2/c1-59(2)50-32-39(37-23-27-54-47(30-37)43-17-8-10-19-52(43)61-54)21-25-42(50)49-34-46(41-16-12-15-36(29-41)35-13-6-5-7-14-35)56-45-26-22-40(33-51(45)60(3,4)58(56)57(49)59)38-24-28-55-48(31-38)44-18-9-11-20-53(44)62-55/h5-34H,1-4H3. The Morgan fingerprint density at radius 2 is 0.758 bits per heavy atom. The second kappa shape index (κ2) is 12.6. The molecule has 0 bridgehead atoms. The molecule has 0 aliphatic heterocycles. The van der Waals surface area contributed by atoms with E-state index in [2.05, 4.69) is 198 Å². The molecule has 2 heterocycles. The van der Waals surface area contributed by atoms with Gasteiger partial charge in [0.25, 0.3) is 0 Å². The van der Waals surface area contributed by atoms with E-state index in [1.54, 1.807) is 0 Å². The highest BCUT2D eigenvalue weighted by Gasteiger charge is 2.47. The maximum atomic E-state index is 6.23. The Balaban J connectivity index is 1.01. The minimum Gasteiger partial charge on any atom is -0.456 e. The van der Waals surface area contributed by atoms with Crippen LogP contribution in [0.1, 0.15) is 49.9 Å². The Morgan fingerprint density at radius 3 is 1.40 bits per heavy atom. The van der Waals surface area contributed by atoms with Gasteiger partial charge in [-0.3, -0.25) is 0 Å². The van der Waals surface area contributed by atoms with Crippen molar-refractivity contribution in [3.63, 3.8) is 0 Å². The van der Waals surface area contributed by atoms with Gasteiger partial charge in [0.05, 0.1) is 0 Å². The Morgan fingerprint density at radius 1 is 0.290 bits per heavy atom. The molecular weight excluding hydrogens is 753 g/mol. The minimum atomic E-state index is -0.278. The zero-order valence-corrected chi connectivity index (χ0v) is 35.1. The van der Waals surface area contributed by atoms with Gasteiger partial charge in [-0.15, -0.1) is 0 Å². The third kappa shape index (κ3) is 4.92. The SMILES string of the molecule is CC1(C)c2cc(-c3ccc4oc5ccccc5c4c3)ccc2-c2cc(-c3cccc(-c4ccccc4)c3)c3c(c21)C(C)(C)c1cc(-c2ccc4oc5ccccc5c4c2)ccc1-3. The summed E-state index contributed by atoms with van der Waals surface area (Å²) in [4.78, 5) is 0. The molecule has 294 valence electrons. The minimum absolute atomic E-state index is 0.253. The molecule has 0 saturated carbocycles. The highest BCUT2D eigenvalue weighted by atomic mass is 16.3. The lowest BCUT2D eigenvalue weighted by molar-refractivity contribution is 0.601. The van der Waals surface area contributed by atoms with Gasteiger partial charge in [-0.25, -0.2) is 0 Å². The van der Waals surface area contributed by atoms with Crippen molar-refractivity contribution in [2.45, 2.75) is 38.5 Å². The molecule has 2 heteroatoms. The predicted octanol–water partition coefficient (Wildman–Crippen LogP) is 16.8. The summed E-state index contributed by atoms with van der Waals surface area (Å²) in [6, 6.07) is 66.8. The molecule has 9 aromatic carbocycles. The van der Waals surface area contributed by atoms with Gasteiger partial charge in [0.2, 0.25) is 0 Å². The van der Waals surface area contributed by atoms with E-state index in [9.17, 15) is 0 Å². The van der Waals surface area contributed by atoms with Gasteiger partial charge in [-0.1, -0.05) is 149 Å². The van der Waals surface area contributed by atoms with Crippen LogP contribution in [0.15, 0.2) is 191 Å². The van der Waals surface area contributed by atoms with Crippen molar-refractivity contribution in [3.05, 3.63) is 204 Å². The zero-order valence-electron chi connectivity index (χ0n) is 35.1. The summed E-state index contributed by atoms with van der Waals surface area (Å²) in [5.41, 5.74) is 23.9. The van der Waals surface area contributed by atoms with Gasteiger partial charge in [0.1, 0.15) is 22.3 Å². The van der Waals surface area contributed by atoms with Crippen LogP contribution in [0, 0.1) is 0 Å². The summed E-state index contributed by atoms with van der Waals surface area (Å²) in [6.07, 6.45) is 0. The molecule has 0 amide bonds. The molecule has 0 saturated heterocycles. The predicted molar refractivity (Wildman–Crippen MR) is 258 cm³/mol. The van der Waals surface area contributed by atoms with Crippen LogP contribution in [0.2, 0.25) is 0 Å². The lowest BCUT2D eigenvalue weighted by Crippen LogP contribution is -2.24. The molecule has 62 heavy (non-hydrogen) atoms. The Bertz CT molecular complexity index is 3680. The molecule has 13 rings (SSSR count). The first-order chi connectivity index (χ1) is 30.2. The van der Waals surface area contributed by atoms with Crippen molar-refractivity contribution in [1.82, 2.24) is 0 Å². The molecule has 2 nitrogen and oxygen atoms in total. The van der Waals surface area contributed by atoms with Crippen molar-refractivity contribution in [2.24, 2.45) is 0 Å². The number of rotatable bonds is 4. The summed E-state index contributed by atoms with van der Waals surface area (Å²) < 4.78 is 12.5. The molecule has 0 spiro atoms. The fourth-order valence-corrected chi connectivity index (χ4v) is 11.2. The Kier molecular flexibility index (Phi) is 7.16. The molecule has 0 atom stereocenters. The number of benzene rings is 9. The van der Waals surface area contributed by atoms with Gasteiger partial charge in [-0.2, -0.15) is 0 Å². The van der Waals surface area contributed by atoms with E-state index in [4.69, 9.17) is 8.83 Å². The van der Waals surface area contributed by atoms with Crippen LogP contribution in [-0.4, -0.2) is 0 Å². The lowest BCUT2D eigenvalue weighted by atomic mass is 9.71. The van der Waals surface area contributed by atoms with E-state index in [0.717, 1.165) is 43.9 Å². The van der Waals surface area contributed by atoms with Gasteiger partial charge in [0, 0.05) is 32.4 Å². The number of para-hydroxylation sites is 2. The van der Waals surface area contributed by atoms with E-state index >= 15 is 0 Å². The summed E-state index contributed by atoms with van der Waals surface area (Å²) >= 11 is 0. The second-order valence-electron chi connectivity index (χ2n) is 18.4. The number of hydrogen-bond donors (Lipinski definition) is 0. The molecule has 2 aromatic heterocycles. The lowest BCUT2D eigenvalue weighted by Gasteiger charge is -2.31. The molecule has 0 fully saturated rings. The Labute approximate surface area is 360 Å². The van der Waals surface area contributed by atoms with Gasteiger partial charge in [-0.05, 0) is 150 Å². The molecule has 2 aliphatic rings. The van der Waals surface area contributed by atoms with Crippen LogP contribution in [0.25, 0.3) is 111 Å². The van der Waals surface area contributed by atoms with E-state index in [0.29, 0.717) is 0 Å². The third-order valence-electron chi connectivity index (χ3n) is 14.2. The van der Waals surface area contributed by atoms with Crippen LogP contribution in [0.5, 0.6) is 0 Å². The van der Waals surface area contributed by atoms with Crippen LogP contribution in [0.4, 0.5) is 0 Å². The average molecular weight is 795 g/mol. The molecular formula is C60H42O2. The summed E-state index contributed by atoms with van der Waals surface area (Å²) in [5.74, 6) is 0. The topological polar surface area (TPSA) is 26.3 Å². The van der Waals surface area contributed by atoms with E-state index in [1.165, 1.54) is 89.0 Å². The van der Waals surface area contributed by atoms with Crippen LogP contribution >= 0.6 is 0 Å². The normalized spacial score (nSPS) is 14.4. The van der Waals surface area contributed by atoms with E-state index < -0.39 is 0 Å². The maximum absolute atomic E-state index is 6.23. The maximum Gasteiger partial charge on any atom is 0.135 e. The highest BCUT2D eigenvalue weighted by molar-refractivity contribution is 6.08. The molecule has 0 unspecified atom stereocenters. The van der Waals surface area contributed by atoms with E-state index in [1.807, 2.05) is 12.1 Å². The van der Waals surface area contributed by atoms with E-state index in [-0.39, 0.29) is 10.8 Å². The second-order valence-corrected chi connectivity index (χ2v) is 18.4. The van der Waals surface area contributed by atoms with Crippen molar-refractivity contribution in [2.75, 3.05) is 0 Å². The fraction of sp³-hybridized carbons (Fsp3) is 0.100. The molecule has 2 aliphatic carbocycles.